The average Bonchev–Trinajstić information content (AvgIpc) is 3.49. The number of aromatic nitrogens is 1. The lowest BCUT2D eigenvalue weighted by atomic mass is 10.2. The zero-order valence-electron chi connectivity index (χ0n) is 16.8. The molecule has 8 heteroatoms. The molecule has 0 radical (unpaired) electrons. The summed E-state index contributed by atoms with van der Waals surface area (Å²) in [5.41, 5.74) is 1.18. The van der Waals surface area contributed by atoms with Crippen LogP contribution in [0, 0.1) is 0 Å². The van der Waals surface area contributed by atoms with Gasteiger partial charge in [0.2, 0.25) is 0 Å². The summed E-state index contributed by atoms with van der Waals surface area (Å²) in [4.78, 5) is 17.1. The van der Waals surface area contributed by atoms with Crippen LogP contribution in [0.5, 0.6) is 0 Å². The highest BCUT2D eigenvalue weighted by Crippen LogP contribution is 2.24. The molecule has 0 spiro atoms. The molecule has 1 aromatic heterocycles. The van der Waals surface area contributed by atoms with Gasteiger partial charge >= 0.3 is 0 Å². The summed E-state index contributed by atoms with van der Waals surface area (Å²) in [6.07, 6.45) is 9.33. The smallest absolute Gasteiger partial charge is 0.193 e. The van der Waals surface area contributed by atoms with Gasteiger partial charge in [0.1, 0.15) is 0 Å². The van der Waals surface area contributed by atoms with E-state index in [1.807, 2.05) is 0 Å². The number of nitrogens with zero attached hydrogens (tertiary/aromatic N) is 5. The fraction of sp³-hybridized carbons (Fsp3) is 0.700. The molecule has 0 saturated carbocycles. The van der Waals surface area contributed by atoms with Crippen molar-refractivity contribution in [1.29, 1.82) is 0 Å². The molecule has 2 saturated heterocycles. The summed E-state index contributed by atoms with van der Waals surface area (Å²) in [5.74, 6) is 1.07. The summed E-state index contributed by atoms with van der Waals surface area (Å²) in [6, 6.07) is 0.658. The molecule has 4 rings (SSSR count). The molecule has 3 aliphatic rings. The third-order valence-electron chi connectivity index (χ3n) is 5.71. The molecule has 4 heterocycles. The van der Waals surface area contributed by atoms with Crippen molar-refractivity contribution in [1.82, 2.24) is 20.1 Å². The van der Waals surface area contributed by atoms with E-state index in [9.17, 15) is 0 Å². The number of nitrogens with one attached hydrogen (secondary N) is 1. The van der Waals surface area contributed by atoms with E-state index in [0.29, 0.717) is 6.04 Å². The Balaban J connectivity index is 0.00000225. The topological polar surface area (TPSA) is 47.0 Å². The van der Waals surface area contributed by atoms with E-state index in [0.717, 1.165) is 51.6 Å². The van der Waals surface area contributed by atoms with E-state index in [4.69, 9.17) is 9.98 Å². The van der Waals surface area contributed by atoms with Crippen molar-refractivity contribution in [2.45, 2.75) is 38.6 Å². The molecule has 156 valence electrons. The number of anilines is 1. The molecule has 1 aromatic rings. The molecule has 3 aliphatic heterocycles. The van der Waals surface area contributed by atoms with Crippen LogP contribution in [-0.4, -0.2) is 79.1 Å². The first kappa shape index (κ1) is 21.8. The molecule has 1 unspecified atom stereocenters. The monoisotopic (exact) mass is 516 g/mol. The highest BCUT2D eigenvalue weighted by molar-refractivity contribution is 14.0. The molecular weight excluding hydrogens is 483 g/mol. The van der Waals surface area contributed by atoms with Crippen molar-refractivity contribution in [3.8, 4) is 0 Å². The summed E-state index contributed by atoms with van der Waals surface area (Å²) in [6.45, 7) is 10.6. The summed E-state index contributed by atoms with van der Waals surface area (Å²) in [7, 11) is 0. The molecule has 1 atom stereocenters. The van der Waals surface area contributed by atoms with Crippen LogP contribution in [0.1, 0.15) is 31.9 Å². The van der Waals surface area contributed by atoms with E-state index < -0.39 is 0 Å². The van der Waals surface area contributed by atoms with Crippen LogP contribution in [0.4, 0.5) is 5.13 Å². The van der Waals surface area contributed by atoms with Crippen LogP contribution in [0.15, 0.2) is 22.5 Å². The second kappa shape index (κ2) is 10.8. The average molecular weight is 516 g/mol. The number of halogens is 1. The van der Waals surface area contributed by atoms with E-state index in [1.165, 1.54) is 43.2 Å². The van der Waals surface area contributed by atoms with Gasteiger partial charge in [-0.1, -0.05) is 12.2 Å². The summed E-state index contributed by atoms with van der Waals surface area (Å²) in [5, 5.41) is 6.89. The Morgan fingerprint density at radius 3 is 2.79 bits per heavy atom. The van der Waals surface area contributed by atoms with Crippen LogP contribution in [0.3, 0.4) is 0 Å². The Morgan fingerprint density at radius 1 is 1.25 bits per heavy atom. The zero-order chi connectivity index (χ0) is 18.5. The van der Waals surface area contributed by atoms with Gasteiger partial charge in [-0.05, 0) is 26.2 Å². The van der Waals surface area contributed by atoms with Crippen molar-refractivity contribution >= 4 is 46.4 Å². The van der Waals surface area contributed by atoms with Gasteiger partial charge in [-0.2, -0.15) is 0 Å². The highest BCUT2D eigenvalue weighted by atomic mass is 127. The lowest BCUT2D eigenvalue weighted by molar-refractivity contribution is 0.259. The van der Waals surface area contributed by atoms with Gasteiger partial charge in [0.05, 0.1) is 5.69 Å². The largest absolute Gasteiger partial charge is 0.357 e. The minimum absolute atomic E-state index is 0. The van der Waals surface area contributed by atoms with Gasteiger partial charge in [-0.3, -0.25) is 9.89 Å². The highest BCUT2D eigenvalue weighted by Gasteiger charge is 2.29. The van der Waals surface area contributed by atoms with Crippen molar-refractivity contribution in [2.24, 2.45) is 4.99 Å². The fourth-order valence-electron chi connectivity index (χ4n) is 4.19. The Bertz CT molecular complexity index is 661. The molecule has 1 N–H and O–H groups in total. The number of hydrogen-bond donors (Lipinski definition) is 1. The Morgan fingerprint density at radius 2 is 2.04 bits per heavy atom. The van der Waals surface area contributed by atoms with Gasteiger partial charge in [-0.25, -0.2) is 4.98 Å². The van der Waals surface area contributed by atoms with Crippen molar-refractivity contribution < 1.29 is 0 Å². The Kier molecular flexibility index (Phi) is 8.40. The molecule has 28 heavy (non-hydrogen) atoms. The minimum atomic E-state index is 0. The predicted molar refractivity (Wildman–Crippen MR) is 129 cm³/mol. The van der Waals surface area contributed by atoms with Crippen molar-refractivity contribution in [2.75, 3.05) is 57.3 Å². The predicted octanol–water partition coefficient (Wildman–Crippen LogP) is 2.82. The number of thiazole rings is 1. The molecule has 2 fully saturated rings. The first-order chi connectivity index (χ1) is 13.3. The molecule has 0 amide bonds. The SMILES string of the molecule is CCNC(=NCCc1csc(N2CCCC2)n1)N1CCC(N2CC=CC2)C1.I. The van der Waals surface area contributed by atoms with Gasteiger partial charge in [0.15, 0.2) is 11.1 Å². The van der Waals surface area contributed by atoms with Gasteiger partial charge in [-0.15, -0.1) is 35.3 Å². The van der Waals surface area contributed by atoms with Gasteiger partial charge < -0.3 is 15.1 Å². The van der Waals surface area contributed by atoms with Crippen LogP contribution >= 0.6 is 35.3 Å². The van der Waals surface area contributed by atoms with Gasteiger partial charge in [0, 0.05) is 70.2 Å². The van der Waals surface area contributed by atoms with Crippen LogP contribution in [0.25, 0.3) is 0 Å². The van der Waals surface area contributed by atoms with Gasteiger partial charge in [0.25, 0.3) is 0 Å². The molecular formula is C20H33IN6S. The summed E-state index contributed by atoms with van der Waals surface area (Å²) < 4.78 is 0. The molecule has 0 bridgehead atoms. The number of likely N-dealkylation sites (tertiary alicyclic amines) is 1. The fourth-order valence-corrected chi connectivity index (χ4v) is 5.11. The standard InChI is InChI=1S/C20H32N6S.HI/c1-2-21-19(26-14-8-18(15-26)24-10-3-4-11-24)22-9-7-17-16-27-20(23-17)25-12-5-6-13-25;/h3-4,16,18H,2,5-15H2,1H3,(H,21,22);1H. The molecule has 0 aromatic carbocycles. The quantitative estimate of drug-likeness (QED) is 0.273. The van der Waals surface area contributed by atoms with Crippen LogP contribution in [-0.2, 0) is 6.42 Å². The van der Waals surface area contributed by atoms with Crippen molar-refractivity contribution in [3.63, 3.8) is 0 Å². The number of aliphatic imine (C=N–C) groups is 1. The second-order valence-electron chi connectivity index (χ2n) is 7.62. The Labute approximate surface area is 190 Å². The third-order valence-corrected chi connectivity index (χ3v) is 6.66. The maximum atomic E-state index is 4.91. The number of hydrogen-bond acceptors (Lipinski definition) is 5. The van der Waals surface area contributed by atoms with Crippen LogP contribution < -0.4 is 10.2 Å². The first-order valence-corrected chi connectivity index (χ1v) is 11.3. The van der Waals surface area contributed by atoms with E-state index in [-0.39, 0.29) is 24.0 Å². The van der Waals surface area contributed by atoms with E-state index in [2.05, 4.69) is 44.5 Å². The van der Waals surface area contributed by atoms with E-state index in [1.54, 1.807) is 11.3 Å². The summed E-state index contributed by atoms with van der Waals surface area (Å²) >= 11 is 1.78. The van der Waals surface area contributed by atoms with Crippen molar-refractivity contribution in [3.05, 3.63) is 23.2 Å². The molecule has 0 aliphatic carbocycles. The Hall–Kier alpha value is -0.870. The number of guanidine groups is 1. The number of rotatable bonds is 6. The third kappa shape index (κ3) is 5.38. The first-order valence-electron chi connectivity index (χ1n) is 10.4. The second-order valence-corrected chi connectivity index (χ2v) is 8.45. The lowest BCUT2D eigenvalue weighted by Crippen LogP contribution is -2.43. The molecule has 6 nitrogen and oxygen atoms in total. The lowest BCUT2D eigenvalue weighted by Gasteiger charge is -2.25. The van der Waals surface area contributed by atoms with Crippen LogP contribution in [0.2, 0.25) is 0 Å². The zero-order valence-corrected chi connectivity index (χ0v) is 20.0. The minimum Gasteiger partial charge on any atom is -0.357 e. The normalized spacial score (nSPS) is 22.9. The van der Waals surface area contributed by atoms with E-state index >= 15 is 0 Å². The maximum absolute atomic E-state index is 4.91. The maximum Gasteiger partial charge on any atom is 0.193 e.